The normalized spacial score (nSPS) is 35.8. The Morgan fingerprint density at radius 3 is 2.58 bits per heavy atom. The highest BCUT2D eigenvalue weighted by Crippen LogP contribution is 2.29. The van der Waals surface area contributed by atoms with E-state index in [0.29, 0.717) is 0 Å². The van der Waals surface area contributed by atoms with Gasteiger partial charge >= 0.3 is 0 Å². The van der Waals surface area contributed by atoms with Gasteiger partial charge in [0.1, 0.15) is 0 Å². The smallest absolute Gasteiger partial charge is 0.153 e. The first-order chi connectivity index (χ1) is 5.40. The molecule has 1 aliphatic rings. The van der Waals surface area contributed by atoms with Crippen LogP contribution in [0.25, 0.3) is 0 Å². The second-order valence-corrected chi connectivity index (χ2v) is 5.48. The van der Waals surface area contributed by atoms with E-state index in [9.17, 15) is 13.5 Å². The maximum atomic E-state index is 11.0. The molecule has 12 heavy (non-hydrogen) atoms. The van der Waals surface area contributed by atoms with Crippen molar-refractivity contribution in [2.45, 2.75) is 18.9 Å². The molecule has 1 aliphatic heterocycles. The molecule has 0 aromatic heterocycles. The first-order valence-corrected chi connectivity index (χ1v) is 5.54. The Morgan fingerprint density at radius 2 is 2.25 bits per heavy atom. The molecule has 0 spiro atoms. The Kier molecular flexibility index (Phi) is 2.15. The van der Waals surface area contributed by atoms with Gasteiger partial charge in [-0.3, -0.25) is 0 Å². The topological polar surface area (TPSA) is 78.2 Å². The molecule has 0 amide bonds. The Hall–Kier alpha value is -0.600. The summed E-state index contributed by atoms with van der Waals surface area (Å²) in [7, 11) is -3.11. The highest BCUT2D eigenvalue weighted by Gasteiger charge is 2.44. The van der Waals surface area contributed by atoms with E-state index < -0.39 is 21.4 Å². The molecule has 1 rings (SSSR count). The van der Waals surface area contributed by atoms with Crippen molar-refractivity contribution in [2.24, 2.45) is 5.92 Å². The fourth-order valence-corrected chi connectivity index (χ4v) is 3.28. The van der Waals surface area contributed by atoms with Gasteiger partial charge in [0.15, 0.2) is 9.84 Å². The molecule has 0 aromatic rings. The molecule has 1 heterocycles. The van der Waals surface area contributed by atoms with Gasteiger partial charge in [-0.1, -0.05) is 0 Å². The molecule has 0 saturated carbocycles. The quantitative estimate of drug-likeness (QED) is 0.614. The highest BCUT2D eigenvalue weighted by atomic mass is 32.2. The van der Waals surface area contributed by atoms with Crippen LogP contribution in [0.4, 0.5) is 0 Å². The first-order valence-electron chi connectivity index (χ1n) is 3.72. The summed E-state index contributed by atoms with van der Waals surface area (Å²) in [4.78, 5) is 0. The third kappa shape index (κ3) is 1.59. The number of sulfone groups is 1. The van der Waals surface area contributed by atoms with Gasteiger partial charge in [0.25, 0.3) is 0 Å². The monoisotopic (exact) mass is 189 g/mol. The fourth-order valence-electron chi connectivity index (χ4n) is 1.32. The van der Waals surface area contributed by atoms with Gasteiger partial charge in [0.05, 0.1) is 29.1 Å². The molecule has 5 heteroatoms. The average molecular weight is 189 g/mol. The Bertz CT molecular complexity index is 316. The molecule has 1 N–H and O–H groups in total. The van der Waals surface area contributed by atoms with E-state index in [2.05, 4.69) is 0 Å². The van der Waals surface area contributed by atoms with Gasteiger partial charge < -0.3 is 5.11 Å². The van der Waals surface area contributed by atoms with Crippen molar-refractivity contribution in [3.05, 3.63) is 0 Å². The van der Waals surface area contributed by atoms with Crippen LogP contribution in [0.15, 0.2) is 0 Å². The van der Waals surface area contributed by atoms with E-state index in [4.69, 9.17) is 5.26 Å². The first kappa shape index (κ1) is 9.49. The van der Waals surface area contributed by atoms with Crippen molar-refractivity contribution < 1.29 is 13.5 Å². The molecule has 0 bridgehead atoms. The van der Waals surface area contributed by atoms with Crippen molar-refractivity contribution in [1.82, 2.24) is 0 Å². The van der Waals surface area contributed by atoms with E-state index >= 15 is 0 Å². The summed E-state index contributed by atoms with van der Waals surface area (Å²) in [5.41, 5.74) is -1.31. The zero-order chi connectivity index (χ0) is 9.41. The molecule has 0 aliphatic carbocycles. The van der Waals surface area contributed by atoms with E-state index in [0.717, 1.165) is 0 Å². The molecule has 1 fully saturated rings. The van der Waals surface area contributed by atoms with E-state index in [1.807, 2.05) is 6.07 Å². The van der Waals surface area contributed by atoms with Crippen LogP contribution >= 0.6 is 0 Å². The molecule has 68 valence electrons. The largest absolute Gasteiger partial charge is 0.387 e. The van der Waals surface area contributed by atoms with Crippen molar-refractivity contribution in [3.8, 4) is 6.07 Å². The van der Waals surface area contributed by atoms with Crippen LogP contribution in [-0.2, 0) is 9.84 Å². The van der Waals surface area contributed by atoms with Gasteiger partial charge in [-0.05, 0) is 13.3 Å². The van der Waals surface area contributed by atoms with Crippen LogP contribution in [0.1, 0.15) is 13.3 Å². The zero-order valence-corrected chi connectivity index (χ0v) is 7.63. The summed E-state index contributed by atoms with van der Waals surface area (Å²) < 4.78 is 22.0. The third-order valence-corrected chi connectivity index (χ3v) is 4.08. The second kappa shape index (κ2) is 2.71. The number of rotatable bonds is 1. The lowest BCUT2D eigenvalue weighted by Crippen LogP contribution is -2.36. The molecule has 1 saturated heterocycles. The van der Waals surface area contributed by atoms with Gasteiger partial charge in [0.2, 0.25) is 0 Å². The zero-order valence-electron chi connectivity index (χ0n) is 6.82. The lowest BCUT2D eigenvalue weighted by atomic mass is 9.90. The van der Waals surface area contributed by atoms with Gasteiger partial charge in [-0.2, -0.15) is 5.26 Å². The maximum absolute atomic E-state index is 11.0. The summed E-state index contributed by atoms with van der Waals surface area (Å²) in [5.74, 6) is -0.890. The lowest BCUT2D eigenvalue weighted by Gasteiger charge is -2.22. The second-order valence-electron chi connectivity index (χ2n) is 3.30. The number of aliphatic hydroxyl groups is 1. The van der Waals surface area contributed by atoms with Gasteiger partial charge in [-0.25, -0.2) is 8.42 Å². The number of hydrogen-bond acceptors (Lipinski definition) is 4. The average Bonchev–Trinajstić information content (AvgIpc) is 2.25. The summed E-state index contributed by atoms with van der Waals surface area (Å²) in [5, 5.41) is 18.2. The molecule has 2 unspecified atom stereocenters. The van der Waals surface area contributed by atoms with Crippen LogP contribution in [0.3, 0.4) is 0 Å². The van der Waals surface area contributed by atoms with Crippen LogP contribution < -0.4 is 0 Å². The van der Waals surface area contributed by atoms with Gasteiger partial charge in [0, 0.05) is 0 Å². The minimum Gasteiger partial charge on any atom is -0.387 e. The fraction of sp³-hybridized carbons (Fsp3) is 0.857. The molecule has 2 atom stereocenters. The van der Waals surface area contributed by atoms with Crippen molar-refractivity contribution in [3.63, 3.8) is 0 Å². The Morgan fingerprint density at radius 1 is 1.67 bits per heavy atom. The SMILES string of the molecule is CC(C#N)C1(O)CCS(=O)(=O)C1. The van der Waals surface area contributed by atoms with E-state index in [1.165, 1.54) is 0 Å². The van der Waals surface area contributed by atoms with Crippen molar-refractivity contribution >= 4 is 9.84 Å². The number of hydrogen-bond donors (Lipinski definition) is 1. The number of nitrogens with zero attached hydrogens (tertiary/aromatic N) is 1. The standard InChI is InChI=1S/C7H11NO3S/c1-6(4-8)7(9)2-3-12(10,11)5-7/h6,9H,2-3,5H2,1H3. The predicted octanol–water partition coefficient (Wildman–Crippen LogP) is -0.304. The minimum absolute atomic E-state index is 0.00444. The van der Waals surface area contributed by atoms with Crippen LogP contribution in [0, 0.1) is 17.2 Å². The van der Waals surface area contributed by atoms with Crippen LogP contribution in [0.2, 0.25) is 0 Å². The molecular formula is C7H11NO3S. The third-order valence-electron chi connectivity index (χ3n) is 2.32. The number of nitriles is 1. The maximum Gasteiger partial charge on any atom is 0.153 e. The summed E-state index contributed by atoms with van der Waals surface area (Å²) >= 11 is 0. The van der Waals surface area contributed by atoms with Crippen molar-refractivity contribution in [1.29, 1.82) is 5.26 Å². The summed E-state index contributed by atoms with van der Waals surface area (Å²) in [6, 6.07) is 1.87. The van der Waals surface area contributed by atoms with Crippen LogP contribution in [0.5, 0.6) is 0 Å². The van der Waals surface area contributed by atoms with Gasteiger partial charge in [-0.15, -0.1) is 0 Å². The van der Waals surface area contributed by atoms with Crippen LogP contribution in [-0.4, -0.2) is 30.6 Å². The minimum atomic E-state index is -3.11. The highest BCUT2D eigenvalue weighted by molar-refractivity contribution is 7.91. The molecule has 0 radical (unpaired) electrons. The summed E-state index contributed by atoms with van der Waals surface area (Å²) in [6.07, 6.45) is 0.185. The lowest BCUT2D eigenvalue weighted by molar-refractivity contribution is 0.0349. The Balaban J connectivity index is 2.86. The predicted molar refractivity (Wildman–Crippen MR) is 43.0 cm³/mol. The summed E-state index contributed by atoms with van der Waals surface area (Å²) in [6.45, 7) is 1.54. The molecule has 4 nitrogen and oxygen atoms in total. The molecule has 0 aromatic carbocycles. The Labute approximate surface area is 71.7 Å². The van der Waals surface area contributed by atoms with Crippen molar-refractivity contribution in [2.75, 3.05) is 11.5 Å². The van der Waals surface area contributed by atoms with E-state index in [-0.39, 0.29) is 17.9 Å². The van der Waals surface area contributed by atoms with E-state index in [1.54, 1.807) is 6.92 Å². The molecular weight excluding hydrogens is 178 g/mol.